The molecule has 4 nitrogen and oxygen atoms in total. The third kappa shape index (κ3) is 2.43. The van der Waals surface area contributed by atoms with Gasteiger partial charge in [-0.05, 0) is 6.07 Å². The Labute approximate surface area is 98.3 Å². The van der Waals surface area contributed by atoms with Gasteiger partial charge in [0.15, 0.2) is 11.9 Å². The summed E-state index contributed by atoms with van der Waals surface area (Å²) in [6, 6.07) is 4.63. The Morgan fingerprint density at radius 1 is 1.44 bits per heavy atom. The Morgan fingerprint density at radius 3 is 2.56 bits per heavy atom. The van der Waals surface area contributed by atoms with Crippen molar-refractivity contribution in [1.82, 2.24) is 0 Å². The zero-order valence-electron chi connectivity index (χ0n) is 8.67. The van der Waals surface area contributed by atoms with E-state index in [1.54, 1.807) is 13.0 Å². The molecule has 0 aromatic heterocycles. The summed E-state index contributed by atoms with van der Waals surface area (Å²) in [5, 5.41) is 18.2. The second-order valence-electron chi connectivity index (χ2n) is 3.26. The number of hydrogen-bond donors (Lipinski definition) is 3. The fourth-order valence-corrected chi connectivity index (χ4v) is 1.73. The highest BCUT2D eigenvalue weighted by molar-refractivity contribution is 7.80. The van der Waals surface area contributed by atoms with Crippen LogP contribution in [-0.2, 0) is 4.79 Å². The smallest absolute Gasteiger partial charge is 0.337 e. The number of carboxylic acid groups (broad SMARTS) is 1. The van der Waals surface area contributed by atoms with Crippen LogP contribution in [0, 0.1) is 0 Å². The molecule has 1 aromatic rings. The van der Waals surface area contributed by atoms with Crippen molar-refractivity contribution in [1.29, 1.82) is 0 Å². The lowest BCUT2D eigenvalue weighted by Crippen LogP contribution is -2.15. The molecule has 16 heavy (non-hydrogen) atoms. The summed E-state index contributed by atoms with van der Waals surface area (Å²) in [7, 11) is 0. The predicted molar refractivity (Wildman–Crippen MR) is 60.9 cm³/mol. The van der Waals surface area contributed by atoms with Crippen molar-refractivity contribution in [2.45, 2.75) is 24.3 Å². The normalized spacial score (nSPS) is 12.2. The van der Waals surface area contributed by atoms with Gasteiger partial charge in [-0.25, -0.2) is 4.79 Å². The molecule has 0 bridgehead atoms. The van der Waals surface area contributed by atoms with Crippen LogP contribution in [-0.4, -0.2) is 22.0 Å². The van der Waals surface area contributed by atoms with Crippen LogP contribution in [0.3, 0.4) is 0 Å². The molecule has 0 amide bonds. The van der Waals surface area contributed by atoms with Crippen LogP contribution in [0.2, 0.25) is 0 Å². The quantitative estimate of drug-likeness (QED) is 0.553. The van der Waals surface area contributed by atoms with Crippen LogP contribution < -0.4 is 0 Å². The van der Waals surface area contributed by atoms with Crippen molar-refractivity contribution in [2.24, 2.45) is 0 Å². The molecule has 0 fully saturated rings. The molecule has 0 heterocycles. The molecule has 0 aliphatic carbocycles. The Bertz CT molecular complexity index is 428. The van der Waals surface area contributed by atoms with Gasteiger partial charge < -0.3 is 10.2 Å². The highest BCUT2D eigenvalue weighted by atomic mass is 32.1. The lowest BCUT2D eigenvalue weighted by molar-refractivity contribution is -0.147. The van der Waals surface area contributed by atoms with Gasteiger partial charge in [0, 0.05) is 22.4 Å². The van der Waals surface area contributed by atoms with Gasteiger partial charge in [0.1, 0.15) is 0 Å². The minimum Gasteiger partial charge on any atom is -0.479 e. The Hall–Kier alpha value is -1.33. The molecule has 0 radical (unpaired) electrons. The number of thiol groups is 1. The standard InChI is InChI=1S/C11H12O4S/c1-2-7(12)6-4-3-5-8(16)9(6)10(13)11(14)15/h3-5,10,13,16H,2H2,1H3,(H,14,15). The van der Waals surface area contributed by atoms with Gasteiger partial charge in [0.25, 0.3) is 0 Å². The number of aliphatic carboxylic acids is 1. The number of carbonyl (C=O) groups excluding carboxylic acids is 1. The maximum atomic E-state index is 11.6. The first-order valence-electron chi connectivity index (χ1n) is 4.75. The van der Waals surface area contributed by atoms with E-state index in [1.165, 1.54) is 12.1 Å². The van der Waals surface area contributed by atoms with Crippen molar-refractivity contribution in [3.05, 3.63) is 29.3 Å². The number of rotatable bonds is 4. The van der Waals surface area contributed by atoms with Crippen molar-refractivity contribution in [2.75, 3.05) is 0 Å². The summed E-state index contributed by atoms with van der Waals surface area (Å²) in [5.74, 6) is -1.61. The van der Waals surface area contributed by atoms with E-state index in [0.717, 1.165) is 0 Å². The zero-order valence-corrected chi connectivity index (χ0v) is 9.57. The molecule has 0 spiro atoms. The van der Waals surface area contributed by atoms with Crippen LogP contribution >= 0.6 is 12.6 Å². The molecule has 0 aliphatic heterocycles. The van der Waals surface area contributed by atoms with E-state index in [1.807, 2.05) is 0 Å². The van der Waals surface area contributed by atoms with E-state index >= 15 is 0 Å². The van der Waals surface area contributed by atoms with E-state index in [4.69, 9.17) is 5.11 Å². The topological polar surface area (TPSA) is 74.6 Å². The molecular weight excluding hydrogens is 228 g/mol. The second-order valence-corrected chi connectivity index (χ2v) is 3.74. The average molecular weight is 240 g/mol. The number of hydrogen-bond acceptors (Lipinski definition) is 4. The van der Waals surface area contributed by atoms with Gasteiger partial charge in [0.05, 0.1) is 0 Å². The first-order valence-corrected chi connectivity index (χ1v) is 5.19. The van der Waals surface area contributed by atoms with Gasteiger partial charge in [-0.2, -0.15) is 0 Å². The highest BCUT2D eigenvalue weighted by Crippen LogP contribution is 2.26. The fraction of sp³-hybridized carbons (Fsp3) is 0.273. The van der Waals surface area contributed by atoms with Crippen molar-refractivity contribution in [3.63, 3.8) is 0 Å². The number of aliphatic hydroxyl groups is 1. The molecule has 1 rings (SSSR count). The van der Waals surface area contributed by atoms with Crippen LogP contribution in [0.25, 0.3) is 0 Å². The summed E-state index contributed by atoms with van der Waals surface area (Å²) in [4.78, 5) is 22.6. The highest BCUT2D eigenvalue weighted by Gasteiger charge is 2.24. The fourth-order valence-electron chi connectivity index (χ4n) is 1.40. The first-order chi connectivity index (χ1) is 7.49. The molecule has 2 N–H and O–H groups in total. The summed E-state index contributed by atoms with van der Waals surface area (Å²) in [5.41, 5.74) is 0.273. The van der Waals surface area contributed by atoms with E-state index in [9.17, 15) is 14.7 Å². The van der Waals surface area contributed by atoms with Crippen molar-refractivity contribution in [3.8, 4) is 0 Å². The van der Waals surface area contributed by atoms with Crippen molar-refractivity contribution >= 4 is 24.4 Å². The number of ketones is 1. The summed E-state index contributed by atoms with van der Waals surface area (Å²) in [6.45, 7) is 1.67. The van der Waals surface area contributed by atoms with E-state index in [2.05, 4.69) is 12.6 Å². The van der Waals surface area contributed by atoms with E-state index in [0.29, 0.717) is 4.90 Å². The number of benzene rings is 1. The maximum Gasteiger partial charge on any atom is 0.337 e. The molecule has 0 aliphatic rings. The van der Waals surface area contributed by atoms with Crippen LogP contribution in [0.5, 0.6) is 0 Å². The largest absolute Gasteiger partial charge is 0.479 e. The number of aliphatic hydroxyl groups excluding tert-OH is 1. The lowest BCUT2D eigenvalue weighted by atomic mass is 9.98. The molecule has 0 saturated carbocycles. The third-order valence-electron chi connectivity index (χ3n) is 2.21. The Balaban J connectivity index is 3.34. The van der Waals surface area contributed by atoms with Crippen molar-refractivity contribution < 1.29 is 19.8 Å². The van der Waals surface area contributed by atoms with E-state index in [-0.39, 0.29) is 23.3 Å². The predicted octanol–water partition coefficient (Wildman–Crippen LogP) is 1.69. The monoisotopic (exact) mass is 240 g/mol. The Kier molecular flexibility index (Phi) is 4.09. The summed E-state index contributed by atoms with van der Waals surface area (Å²) < 4.78 is 0. The minimum atomic E-state index is -1.72. The van der Waals surface area contributed by atoms with Crippen LogP contribution in [0.4, 0.5) is 0 Å². The first kappa shape index (κ1) is 12.7. The molecular formula is C11H12O4S. The molecule has 86 valence electrons. The van der Waals surface area contributed by atoms with Gasteiger partial charge >= 0.3 is 5.97 Å². The summed E-state index contributed by atoms with van der Waals surface area (Å²) >= 11 is 4.06. The number of carbonyl (C=O) groups is 2. The van der Waals surface area contributed by atoms with Gasteiger partial charge in [0.2, 0.25) is 0 Å². The lowest BCUT2D eigenvalue weighted by Gasteiger charge is -2.13. The average Bonchev–Trinajstić information content (AvgIpc) is 2.26. The molecule has 1 aromatic carbocycles. The second kappa shape index (κ2) is 5.14. The summed E-state index contributed by atoms with van der Waals surface area (Å²) in [6.07, 6.45) is -1.48. The maximum absolute atomic E-state index is 11.6. The van der Waals surface area contributed by atoms with E-state index < -0.39 is 12.1 Å². The third-order valence-corrected chi connectivity index (χ3v) is 2.60. The molecule has 1 unspecified atom stereocenters. The van der Waals surface area contributed by atoms with Gasteiger partial charge in [-0.1, -0.05) is 19.1 Å². The SMILES string of the molecule is CCC(=O)c1cccc(S)c1C(O)C(=O)O. The number of carboxylic acids is 1. The molecule has 1 atom stereocenters. The molecule has 5 heteroatoms. The zero-order chi connectivity index (χ0) is 12.3. The van der Waals surface area contributed by atoms with Gasteiger partial charge in [-0.3, -0.25) is 4.79 Å². The van der Waals surface area contributed by atoms with Crippen LogP contribution in [0.1, 0.15) is 35.4 Å². The Morgan fingerprint density at radius 2 is 2.06 bits per heavy atom. The minimum absolute atomic E-state index is 0.0604. The molecule has 0 saturated heterocycles. The van der Waals surface area contributed by atoms with Crippen LogP contribution in [0.15, 0.2) is 23.1 Å². The number of Topliss-reactive ketones (excluding diaryl/α,β-unsaturated/α-hetero) is 1. The van der Waals surface area contributed by atoms with Gasteiger partial charge in [-0.15, -0.1) is 12.6 Å².